The van der Waals surface area contributed by atoms with E-state index in [0.29, 0.717) is 13.1 Å². The van der Waals surface area contributed by atoms with E-state index in [-0.39, 0.29) is 36.6 Å². The van der Waals surface area contributed by atoms with Gasteiger partial charge in [0.15, 0.2) is 0 Å². The molecule has 6 nitrogen and oxygen atoms in total. The maximum Gasteiger partial charge on any atom is 0.243 e. The lowest BCUT2D eigenvalue weighted by Crippen LogP contribution is -2.60. The zero-order valence-electron chi connectivity index (χ0n) is 14.6. The molecule has 1 amide bonds. The zero-order valence-corrected chi connectivity index (χ0v) is 16.2. The number of H-pyrrole nitrogens is 1. The second-order valence-electron chi connectivity index (χ2n) is 6.79. The highest BCUT2D eigenvalue weighted by molar-refractivity contribution is 5.87. The van der Waals surface area contributed by atoms with E-state index < -0.39 is 5.54 Å². The Morgan fingerprint density at radius 3 is 2.58 bits per heavy atom. The van der Waals surface area contributed by atoms with Gasteiger partial charge in [0.25, 0.3) is 0 Å². The average molecular weight is 399 g/mol. The lowest BCUT2D eigenvalue weighted by atomic mass is 9.76. The second kappa shape index (κ2) is 7.86. The van der Waals surface area contributed by atoms with Crippen LogP contribution in [0.3, 0.4) is 0 Å². The third-order valence-corrected chi connectivity index (χ3v) is 5.31. The van der Waals surface area contributed by atoms with Crippen molar-refractivity contribution in [2.45, 2.75) is 37.3 Å². The highest BCUT2D eigenvalue weighted by Gasteiger charge is 2.44. The molecule has 1 aliphatic carbocycles. The predicted octanol–water partition coefficient (Wildman–Crippen LogP) is 2.62. The molecule has 4 rings (SSSR count). The number of aromatic amines is 1. The summed E-state index contributed by atoms with van der Waals surface area (Å²) in [5.74, 6) is 0.936. The van der Waals surface area contributed by atoms with Crippen LogP contribution in [0.5, 0.6) is 5.75 Å². The van der Waals surface area contributed by atoms with Crippen LogP contribution in [0.15, 0.2) is 30.6 Å². The largest absolute Gasteiger partial charge is 0.497 e. The fraction of sp³-hybridized carbons (Fsp3) is 0.444. The number of nitrogens with zero attached hydrogens (tertiary/aromatic N) is 2. The third-order valence-electron chi connectivity index (χ3n) is 5.31. The minimum Gasteiger partial charge on any atom is -0.497 e. The van der Waals surface area contributed by atoms with E-state index in [9.17, 15) is 4.79 Å². The van der Waals surface area contributed by atoms with E-state index >= 15 is 0 Å². The minimum absolute atomic E-state index is 0. The molecule has 1 atom stereocenters. The molecule has 1 saturated carbocycles. The summed E-state index contributed by atoms with van der Waals surface area (Å²) in [6.07, 6.45) is 4.31. The van der Waals surface area contributed by atoms with Gasteiger partial charge < -0.3 is 20.4 Å². The fourth-order valence-electron chi connectivity index (χ4n) is 3.66. The maximum atomic E-state index is 12.9. The normalized spacial score (nSPS) is 20.1. The summed E-state index contributed by atoms with van der Waals surface area (Å²) in [5.41, 5.74) is 8.74. The number of methoxy groups -OCH3 is 1. The molecule has 1 aliphatic heterocycles. The van der Waals surface area contributed by atoms with E-state index in [1.807, 2.05) is 29.2 Å². The molecule has 142 valence electrons. The topological polar surface area (TPSA) is 84.2 Å². The Balaban J connectivity index is 0.00000121. The Bertz CT molecular complexity index is 759. The molecule has 2 aromatic rings. The Morgan fingerprint density at radius 2 is 2.00 bits per heavy atom. The van der Waals surface area contributed by atoms with Gasteiger partial charge in [-0.2, -0.15) is 0 Å². The van der Waals surface area contributed by atoms with Gasteiger partial charge in [-0.05, 0) is 37.0 Å². The number of aromatic nitrogens is 2. The number of hydrogen-bond acceptors (Lipinski definition) is 4. The molecule has 2 aliphatic rings. The zero-order chi connectivity index (χ0) is 16.7. The van der Waals surface area contributed by atoms with E-state index in [1.165, 1.54) is 0 Å². The van der Waals surface area contributed by atoms with Crippen LogP contribution in [-0.4, -0.2) is 40.0 Å². The molecule has 1 aromatic carbocycles. The van der Waals surface area contributed by atoms with Gasteiger partial charge in [-0.15, -0.1) is 24.8 Å². The van der Waals surface area contributed by atoms with Crippen LogP contribution in [0.4, 0.5) is 0 Å². The molecule has 0 bridgehead atoms. The van der Waals surface area contributed by atoms with Crippen molar-refractivity contribution in [2.75, 3.05) is 13.7 Å². The van der Waals surface area contributed by atoms with Crippen LogP contribution in [0.2, 0.25) is 0 Å². The number of ether oxygens (including phenoxy) is 1. The lowest BCUT2D eigenvalue weighted by Gasteiger charge is -2.42. The number of rotatable bonds is 3. The van der Waals surface area contributed by atoms with Gasteiger partial charge in [0.05, 0.1) is 36.9 Å². The minimum atomic E-state index is -0.665. The first-order chi connectivity index (χ1) is 11.6. The maximum absolute atomic E-state index is 12.9. The number of fused-ring (bicyclic) bond motifs is 1. The summed E-state index contributed by atoms with van der Waals surface area (Å²) >= 11 is 0. The quantitative estimate of drug-likeness (QED) is 0.831. The van der Waals surface area contributed by atoms with Crippen molar-refractivity contribution in [1.82, 2.24) is 14.9 Å². The summed E-state index contributed by atoms with van der Waals surface area (Å²) < 4.78 is 5.23. The molecule has 0 saturated heterocycles. The Kier molecular flexibility index (Phi) is 6.21. The summed E-state index contributed by atoms with van der Waals surface area (Å²) in [7, 11) is 1.65. The lowest BCUT2D eigenvalue weighted by molar-refractivity contribution is -0.141. The van der Waals surface area contributed by atoms with E-state index in [1.54, 1.807) is 13.4 Å². The number of carbonyl (C=O) groups excluding carboxylic acids is 1. The summed E-state index contributed by atoms with van der Waals surface area (Å²) in [6, 6.07) is 7.96. The number of hydrogen-bond donors (Lipinski definition) is 2. The Hall–Kier alpha value is -1.76. The van der Waals surface area contributed by atoms with Gasteiger partial charge in [0.1, 0.15) is 5.75 Å². The highest BCUT2D eigenvalue weighted by atomic mass is 35.5. The molecule has 3 N–H and O–H groups in total. The van der Waals surface area contributed by atoms with Gasteiger partial charge >= 0.3 is 0 Å². The van der Waals surface area contributed by atoms with Crippen LogP contribution in [0.1, 0.15) is 42.1 Å². The predicted molar refractivity (Wildman–Crippen MR) is 104 cm³/mol. The molecule has 0 spiro atoms. The monoisotopic (exact) mass is 398 g/mol. The molecular formula is C18H24Cl2N4O2. The number of nitrogens with two attached hydrogens (primary N) is 1. The molecule has 8 heteroatoms. The van der Waals surface area contributed by atoms with Crippen molar-refractivity contribution in [1.29, 1.82) is 0 Å². The van der Waals surface area contributed by atoms with Gasteiger partial charge in [-0.1, -0.05) is 12.1 Å². The van der Waals surface area contributed by atoms with Crippen molar-refractivity contribution < 1.29 is 9.53 Å². The van der Waals surface area contributed by atoms with Crippen LogP contribution >= 0.6 is 24.8 Å². The first-order valence-electron chi connectivity index (χ1n) is 8.35. The van der Waals surface area contributed by atoms with Crippen molar-refractivity contribution in [3.63, 3.8) is 0 Å². The Labute approximate surface area is 165 Å². The fourth-order valence-corrected chi connectivity index (χ4v) is 3.66. The molecule has 1 fully saturated rings. The van der Waals surface area contributed by atoms with Crippen LogP contribution in [0.25, 0.3) is 0 Å². The van der Waals surface area contributed by atoms with Crippen LogP contribution in [0, 0.1) is 0 Å². The summed E-state index contributed by atoms with van der Waals surface area (Å²) in [4.78, 5) is 22.4. The number of imidazole rings is 1. The van der Waals surface area contributed by atoms with E-state index in [2.05, 4.69) is 9.97 Å². The number of halogens is 2. The summed E-state index contributed by atoms with van der Waals surface area (Å²) in [6.45, 7) is 1.17. The SMILES string of the molecule is COc1ccc(C2CN(C(=O)C3(N)CCC3)Cc3[nH]cnc32)cc1.Cl.Cl. The van der Waals surface area contributed by atoms with Crippen molar-refractivity contribution in [3.8, 4) is 5.75 Å². The van der Waals surface area contributed by atoms with Gasteiger partial charge in [-0.3, -0.25) is 4.79 Å². The molecule has 2 heterocycles. The molecule has 0 radical (unpaired) electrons. The summed E-state index contributed by atoms with van der Waals surface area (Å²) in [5, 5.41) is 0. The molecular weight excluding hydrogens is 375 g/mol. The van der Waals surface area contributed by atoms with E-state index in [0.717, 1.165) is 42.0 Å². The molecule has 26 heavy (non-hydrogen) atoms. The number of amides is 1. The second-order valence-corrected chi connectivity index (χ2v) is 6.79. The third kappa shape index (κ3) is 3.41. The smallest absolute Gasteiger partial charge is 0.243 e. The molecule has 1 unspecified atom stereocenters. The first-order valence-corrected chi connectivity index (χ1v) is 8.35. The van der Waals surface area contributed by atoms with E-state index in [4.69, 9.17) is 10.5 Å². The highest BCUT2D eigenvalue weighted by Crippen LogP contribution is 2.36. The standard InChI is InChI=1S/C18H22N4O2.2ClH/c1-24-13-5-3-12(4-6-13)14-9-22(10-15-16(14)21-11-20-15)17(23)18(19)7-2-8-18;;/h3-6,11,14H,2,7-10,19H2,1H3,(H,20,21);2*1H. The number of benzene rings is 1. The van der Waals surface area contributed by atoms with Crippen molar-refractivity contribution in [2.24, 2.45) is 5.73 Å². The van der Waals surface area contributed by atoms with Crippen LogP contribution < -0.4 is 10.5 Å². The van der Waals surface area contributed by atoms with Gasteiger partial charge in [0.2, 0.25) is 5.91 Å². The van der Waals surface area contributed by atoms with Crippen molar-refractivity contribution >= 4 is 30.7 Å². The van der Waals surface area contributed by atoms with Gasteiger partial charge in [-0.25, -0.2) is 4.98 Å². The molecule has 1 aromatic heterocycles. The Morgan fingerprint density at radius 1 is 1.31 bits per heavy atom. The number of carbonyl (C=O) groups is 1. The van der Waals surface area contributed by atoms with Gasteiger partial charge in [0, 0.05) is 12.5 Å². The number of nitrogens with one attached hydrogen (secondary N) is 1. The first kappa shape index (κ1) is 20.6. The average Bonchev–Trinajstić information content (AvgIpc) is 3.06. The van der Waals surface area contributed by atoms with Crippen LogP contribution in [-0.2, 0) is 11.3 Å². The van der Waals surface area contributed by atoms with Crippen molar-refractivity contribution in [3.05, 3.63) is 47.5 Å².